The molecule has 0 bridgehead atoms. The topological polar surface area (TPSA) is 39.7 Å². The van der Waals surface area contributed by atoms with E-state index in [4.69, 9.17) is 0 Å². The van der Waals surface area contributed by atoms with Crippen LogP contribution in [0.5, 0.6) is 0 Å². The second kappa shape index (κ2) is 8.34. The molecule has 1 unspecified atom stereocenters. The van der Waals surface area contributed by atoms with Gasteiger partial charge in [-0.05, 0) is 39.8 Å². The first-order chi connectivity index (χ1) is 8.31. The number of rotatable bonds is 5. The summed E-state index contributed by atoms with van der Waals surface area (Å²) in [6.07, 6.45) is 4.00. The van der Waals surface area contributed by atoms with E-state index < -0.39 is 0 Å². The Kier molecular flexibility index (Phi) is 7.01. The van der Waals surface area contributed by atoms with Crippen molar-refractivity contribution in [2.45, 2.75) is 46.1 Å². The van der Waals surface area contributed by atoms with Crippen LogP contribution >= 0.6 is 0 Å². The third kappa shape index (κ3) is 4.94. The molecule has 0 aromatic rings. The molecule has 1 fully saturated rings. The quantitative estimate of drug-likeness (QED) is 0.564. The molecule has 0 aromatic heterocycles. The molecule has 0 saturated carbocycles. The van der Waals surface area contributed by atoms with Crippen molar-refractivity contribution in [3.8, 4) is 0 Å². The Morgan fingerprint density at radius 2 is 1.88 bits per heavy atom. The number of hydrogen-bond donors (Lipinski definition) is 2. The van der Waals surface area contributed by atoms with Crippen LogP contribution in [0.2, 0.25) is 0 Å². The third-order valence-electron chi connectivity index (χ3n) is 3.30. The first-order valence-electron chi connectivity index (χ1n) is 7.08. The maximum Gasteiger partial charge on any atom is 0.191 e. The number of nitrogens with one attached hydrogen (secondary N) is 2. The molecule has 1 aliphatic rings. The predicted molar refractivity (Wildman–Crippen MR) is 74.5 cm³/mol. The Bertz CT molecular complexity index is 219. The minimum absolute atomic E-state index is 0.640. The highest BCUT2D eigenvalue weighted by atomic mass is 15.2. The standard InChI is InChI=1S/C13H28N4/c1-4-14-13(15-5-2)16-11-12-9-7-8-10-17(12)6-3/h12H,4-11H2,1-3H3,(H2,14,15,16). The molecule has 0 aliphatic carbocycles. The predicted octanol–water partition coefficient (Wildman–Crippen LogP) is 1.44. The van der Waals surface area contributed by atoms with Crippen molar-refractivity contribution in [2.75, 3.05) is 32.7 Å². The molecule has 1 atom stereocenters. The highest BCUT2D eigenvalue weighted by Crippen LogP contribution is 2.16. The van der Waals surface area contributed by atoms with Crippen molar-refractivity contribution < 1.29 is 0 Å². The van der Waals surface area contributed by atoms with Crippen molar-refractivity contribution in [3.05, 3.63) is 0 Å². The lowest BCUT2D eigenvalue weighted by molar-refractivity contribution is 0.161. The Hall–Kier alpha value is -0.770. The molecule has 0 amide bonds. The fourth-order valence-corrected chi connectivity index (χ4v) is 2.39. The van der Waals surface area contributed by atoms with Gasteiger partial charge in [-0.1, -0.05) is 13.3 Å². The molecular weight excluding hydrogens is 212 g/mol. The van der Waals surface area contributed by atoms with E-state index >= 15 is 0 Å². The summed E-state index contributed by atoms with van der Waals surface area (Å²) in [4.78, 5) is 7.24. The molecule has 0 radical (unpaired) electrons. The largest absolute Gasteiger partial charge is 0.357 e. The van der Waals surface area contributed by atoms with Crippen LogP contribution in [0.3, 0.4) is 0 Å². The molecule has 1 aliphatic heterocycles. The van der Waals surface area contributed by atoms with E-state index in [1.165, 1.54) is 25.8 Å². The molecule has 0 aromatic carbocycles. The van der Waals surface area contributed by atoms with Crippen molar-refractivity contribution in [1.82, 2.24) is 15.5 Å². The van der Waals surface area contributed by atoms with Crippen molar-refractivity contribution in [1.29, 1.82) is 0 Å². The number of guanidine groups is 1. The Balaban J connectivity index is 2.46. The summed E-state index contributed by atoms with van der Waals surface area (Å²) >= 11 is 0. The molecule has 4 heteroatoms. The highest BCUT2D eigenvalue weighted by Gasteiger charge is 2.20. The smallest absolute Gasteiger partial charge is 0.191 e. The van der Waals surface area contributed by atoms with E-state index in [2.05, 4.69) is 41.3 Å². The maximum absolute atomic E-state index is 4.68. The summed E-state index contributed by atoms with van der Waals surface area (Å²) in [5, 5.41) is 6.55. The second-order valence-electron chi connectivity index (χ2n) is 4.53. The summed E-state index contributed by atoms with van der Waals surface area (Å²) in [5.74, 6) is 0.955. The summed E-state index contributed by atoms with van der Waals surface area (Å²) in [6.45, 7) is 11.6. The van der Waals surface area contributed by atoms with Gasteiger partial charge in [0.1, 0.15) is 0 Å². The Morgan fingerprint density at radius 3 is 2.47 bits per heavy atom. The van der Waals surface area contributed by atoms with Crippen molar-refractivity contribution in [2.24, 2.45) is 4.99 Å². The lowest BCUT2D eigenvalue weighted by Crippen LogP contribution is -2.43. The van der Waals surface area contributed by atoms with Gasteiger partial charge < -0.3 is 10.6 Å². The van der Waals surface area contributed by atoms with Crippen LogP contribution in [0.15, 0.2) is 4.99 Å². The van der Waals surface area contributed by atoms with Crippen LogP contribution in [0.4, 0.5) is 0 Å². The number of piperidine rings is 1. The normalized spacial score (nSPS) is 21.0. The summed E-state index contributed by atoms with van der Waals surface area (Å²) < 4.78 is 0. The molecular formula is C13H28N4. The number of aliphatic imine (C=N–C) groups is 1. The minimum Gasteiger partial charge on any atom is -0.357 e. The van der Waals surface area contributed by atoms with Gasteiger partial charge in [-0.3, -0.25) is 9.89 Å². The summed E-state index contributed by atoms with van der Waals surface area (Å²) in [7, 11) is 0. The lowest BCUT2D eigenvalue weighted by Gasteiger charge is -2.33. The van der Waals surface area contributed by atoms with Gasteiger partial charge in [0.05, 0.1) is 6.54 Å². The van der Waals surface area contributed by atoms with Gasteiger partial charge >= 0.3 is 0 Å². The first-order valence-corrected chi connectivity index (χ1v) is 7.08. The second-order valence-corrected chi connectivity index (χ2v) is 4.53. The summed E-state index contributed by atoms with van der Waals surface area (Å²) in [6, 6.07) is 0.640. The van der Waals surface area contributed by atoms with E-state index in [0.29, 0.717) is 6.04 Å². The van der Waals surface area contributed by atoms with Gasteiger partial charge in [-0.2, -0.15) is 0 Å². The SMILES string of the molecule is CCNC(=NCC1CCCCN1CC)NCC. The van der Waals surface area contributed by atoms with Crippen molar-refractivity contribution >= 4 is 5.96 Å². The van der Waals surface area contributed by atoms with Crippen LogP contribution in [0.1, 0.15) is 40.0 Å². The van der Waals surface area contributed by atoms with Crippen LogP contribution in [0, 0.1) is 0 Å². The monoisotopic (exact) mass is 240 g/mol. The van der Waals surface area contributed by atoms with Crippen LogP contribution in [-0.2, 0) is 0 Å². The minimum atomic E-state index is 0.640. The fourth-order valence-electron chi connectivity index (χ4n) is 2.39. The number of nitrogens with zero attached hydrogens (tertiary/aromatic N) is 2. The van der Waals surface area contributed by atoms with E-state index in [1.54, 1.807) is 0 Å². The molecule has 4 nitrogen and oxygen atoms in total. The molecule has 17 heavy (non-hydrogen) atoms. The van der Waals surface area contributed by atoms with E-state index in [-0.39, 0.29) is 0 Å². The van der Waals surface area contributed by atoms with Crippen LogP contribution in [0.25, 0.3) is 0 Å². The van der Waals surface area contributed by atoms with E-state index in [9.17, 15) is 0 Å². The Morgan fingerprint density at radius 1 is 1.18 bits per heavy atom. The molecule has 2 N–H and O–H groups in total. The maximum atomic E-state index is 4.68. The number of likely N-dealkylation sites (N-methyl/N-ethyl adjacent to an activating group) is 1. The molecule has 1 rings (SSSR count). The molecule has 1 saturated heterocycles. The first kappa shape index (κ1) is 14.3. The molecule has 100 valence electrons. The van der Waals surface area contributed by atoms with Gasteiger partial charge in [0.25, 0.3) is 0 Å². The average Bonchev–Trinajstić information content (AvgIpc) is 2.37. The third-order valence-corrected chi connectivity index (χ3v) is 3.30. The zero-order valence-corrected chi connectivity index (χ0v) is 11.6. The van der Waals surface area contributed by atoms with Gasteiger partial charge in [-0.15, -0.1) is 0 Å². The number of hydrogen-bond acceptors (Lipinski definition) is 2. The van der Waals surface area contributed by atoms with Crippen LogP contribution in [-0.4, -0.2) is 49.6 Å². The van der Waals surface area contributed by atoms with Crippen molar-refractivity contribution in [3.63, 3.8) is 0 Å². The van der Waals surface area contributed by atoms with Gasteiger partial charge in [0.2, 0.25) is 0 Å². The lowest BCUT2D eigenvalue weighted by atomic mass is 10.0. The molecule has 1 heterocycles. The fraction of sp³-hybridized carbons (Fsp3) is 0.923. The number of likely N-dealkylation sites (tertiary alicyclic amines) is 1. The Labute approximate surface area is 106 Å². The average molecular weight is 240 g/mol. The zero-order chi connectivity index (χ0) is 12.5. The highest BCUT2D eigenvalue weighted by molar-refractivity contribution is 5.79. The molecule has 0 spiro atoms. The van der Waals surface area contributed by atoms with Crippen LogP contribution < -0.4 is 10.6 Å². The van der Waals surface area contributed by atoms with Gasteiger partial charge in [-0.25, -0.2) is 0 Å². The zero-order valence-electron chi connectivity index (χ0n) is 11.6. The van der Waals surface area contributed by atoms with Gasteiger partial charge in [0, 0.05) is 19.1 Å². The summed E-state index contributed by atoms with van der Waals surface area (Å²) in [5.41, 5.74) is 0. The van der Waals surface area contributed by atoms with E-state index in [0.717, 1.165) is 32.1 Å². The van der Waals surface area contributed by atoms with Gasteiger partial charge in [0.15, 0.2) is 5.96 Å². The van der Waals surface area contributed by atoms with E-state index in [1.807, 2.05) is 0 Å².